The summed E-state index contributed by atoms with van der Waals surface area (Å²) in [4.78, 5) is 22.8. The van der Waals surface area contributed by atoms with Gasteiger partial charge in [0.05, 0.1) is 12.8 Å². The highest BCUT2D eigenvalue weighted by molar-refractivity contribution is 6.05. The topological polar surface area (TPSA) is 55.4 Å². The summed E-state index contributed by atoms with van der Waals surface area (Å²) in [7, 11) is 1.45. The molecular formula is C15H12FNO3. The number of methoxy groups -OCH3 is 1. The third-order valence-corrected chi connectivity index (χ3v) is 2.69. The third kappa shape index (κ3) is 3.00. The lowest BCUT2D eigenvalue weighted by molar-refractivity contribution is 0.102. The van der Waals surface area contributed by atoms with E-state index in [1.54, 1.807) is 12.1 Å². The maximum absolute atomic E-state index is 13.1. The van der Waals surface area contributed by atoms with Gasteiger partial charge in [0.2, 0.25) is 0 Å². The van der Waals surface area contributed by atoms with Crippen LogP contribution in [-0.4, -0.2) is 19.3 Å². The molecule has 0 aromatic heterocycles. The van der Waals surface area contributed by atoms with Crippen molar-refractivity contribution < 1.29 is 18.7 Å². The highest BCUT2D eigenvalue weighted by atomic mass is 19.1. The number of benzene rings is 2. The summed E-state index contributed by atoms with van der Waals surface area (Å²) in [5, 5.41) is 2.59. The Bertz CT molecular complexity index is 655. The molecular weight excluding hydrogens is 261 g/mol. The maximum atomic E-state index is 13.1. The quantitative estimate of drug-likeness (QED) is 0.871. The minimum Gasteiger partial charge on any atom is -0.495 e. The predicted octanol–water partition coefficient (Wildman–Crippen LogP) is 2.90. The summed E-state index contributed by atoms with van der Waals surface area (Å²) in [5.41, 5.74) is 0.940. The van der Waals surface area contributed by atoms with Gasteiger partial charge in [-0.3, -0.25) is 9.59 Å². The van der Waals surface area contributed by atoms with Crippen LogP contribution < -0.4 is 10.1 Å². The molecule has 0 aliphatic rings. The molecule has 0 heterocycles. The van der Waals surface area contributed by atoms with Crippen molar-refractivity contribution in [3.63, 3.8) is 0 Å². The largest absolute Gasteiger partial charge is 0.495 e. The van der Waals surface area contributed by atoms with E-state index in [1.165, 1.54) is 31.4 Å². The Morgan fingerprint density at radius 1 is 1.25 bits per heavy atom. The lowest BCUT2D eigenvalue weighted by Crippen LogP contribution is -2.13. The molecule has 0 fully saturated rings. The number of carbonyl (C=O) groups is 2. The monoisotopic (exact) mass is 273 g/mol. The highest BCUT2D eigenvalue weighted by Crippen LogP contribution is 2.25. The predicted molar refractivity (Wildman–Crippen MR) is 72.7 cm³/mol. The number of ether oxygens (including phenoxy) is 1. The third-order valence-electron chi connectivity index (χ3n) is 2.69. The first-order valence-corrected chi connectivity index (χ1v) is 5.84. The average molecular weight is 273 g/mol. The zero-order valence-corrected chi connectivity index (χ0v) is 10.7. The van der Waals surface area contributed by atoms with Gasteiger partial charge < -0.3 is 10.1 Å². The molecule has 2 rings (SSSR count). The Morgan fingerprint density at radius 2 is 2.05 bits per heavy atom. The molecule has 1 N–H and O–H groups in total. The highest BCUT2D eigenvalue weighted by Gasteiger charge is 2.11. The van der Waals surface area contributed by atoms with Crippen molar-refractivity contribution in [1.29, 1.82) is 0 Å². The van der Waals surface area contributed by atoms with Crippen LogP contribution in [0, 0.1) is 5.82 Å². The number of aldehydes is 1. The van der Waals surface area contributed by atoms with Gasteiger partial charge in [-0.1, -0.05) is 6.07 Å². The van der Waals surface area contributed by atoms with Gasteiger partial charge in [-0.25, -0.2) is 4.39 Å². The molecule has 0 aliphatic carbocycles. The molecule has 5 heteroatoms. The molecule has 0 radical (unpaired) electrons. The van der Waals surface area contributed by atoms with E-state index in [0.29, 0.717) is 23.3 Å². The van der Waals surface area contributed by atoms with E-state index in [1.807, 2.05) is 0 Å². The molecule has 0 saturated carbocycles. The molecule has 1 amide bonds. The van der Waals surface area contributed by atoms with Crippen molar-refractivity contribution >= 4 is 17.9 Å². The molecule has 0 aliphatic heterocycles. The summed E-state index contributed by atoms with van der Waals surface area (Å²) < 4.78 is 18.2. The Labute approximate surface area is 115 Å². The van der Waals surface area contributed by atoms with Crippen LogP contribution in [0.2, 0.25) is 0 Å². The van der Waals surface area contributed by atoms with Gasteiger partial charge in [0.15, 0.2) is 0 Å². The van der Waals surface area contributed by atoms with Crippen LogP contribution in [0.15, 0.2) is 42.5 Å². The van der Waals surface area contributed by atoms with E-state index in [4.69, 9.17) is 4.74 Å². The van der Waals surface area contributed by atoms with Crippen LogP contribution in [0.5, 0.6) is 5.75 Å². The first-order chi connectivity index (χ1) is 9.63. The number of hydrogen-bond donors (Lipinski definition) is 1. The molecule has 0 saturated heterocycles. The van der Waals surface area contributed by atoms with Crippen molar-refractivity contribution in [3.05, 3.63) is 59.4 Å². The van der Waals surface area contributed by atoms with Crippen molar-refractivity contribution in [2.75, 3.05) is 12.4 Å². The SMILES string of the molecule is COc1ccc(C=O)cc1NC(=O)c1cccc(F)c1. The summed E-state index contributed by atoms with van der Waals surface area (Å²) in [5.74, 6) is -0.558. The number of nitrogens with one attached hydrogen (secondary N) is 1. The second kappa shape index (κ2) is 5.97. The van der Waals surface area contributed by atoms with Crippen molar-refractivity contribution in [1.82, 2.24) is 0 Å². The van der Waals surface area contributed by atoms with E-state index in [2.05, 4.69) is 5.32 Å². The molecule has 0 atom stereocenters. The summed E-state index contributed by atoms with van der Waals surface area (Å²) in [6, 6.07) is 9.96. The van der Waals surface area contributed by atoms with E-state index in [9.17, 15) is 14.0 Å². The fourth-order valence-electron chi connectivity index (χ4n) is 1.72. The van der Waals surface area contributed by atoms with Crippen LogP contribution in [0.3, 0.4) is 0 Å². The van der Waals surface area contributed by atoms with Crippen molar-refractivity contribution in [2.45, 2.75) is 0 Å². The van der Waals surface area contributed by atoms with Crippen molar-refractivity contribution in [3.8, 4) is 5.75 Å². The summed E-state index contributed by atoms with van der Waals surface area (Å²) in [6.45, 7) is 0. The van der Waals surface area contributed by atoms with Gasteiger partial charge in [-0.05, 0) is 36.4 Å². The Balaban J connectivity index is 2.29. The van der Waals surface area contributed by atoms with Crippen LogP contribution in [-0.2, 0) is 0 Å². The van der Waals surface area contributed by atoms with E-state index >= 15 is 0 Å². The smallest absolute Gasteiger partial charge is 0.255 e. The summed E-state index contributed by atoms with van der Waals surface area (Å²) in [6.07, 6.45) is 0.664. The fourth-order valence-corrected chi connectivity index (χ4v) is 1.72. The Hall–Kier alpha value is -2.69. The number of carbonyl (C=O) groups excluding carboxylic acids is 2. The van der Waals surface area contributed by atoms with E-state index in [0.717, 1.165) is 6.07 Å². The standard InChI is InChI=1S/C15H12FNO3/c1-20-14-6-5-10(9-18)7-13(14)17-15(19)11-3-2-4-12(16)8-11/h2-9H,1H3,(H,17,19). The van der Waals surface area contributed by atoms with Crippen LogP contribution in [0.4, 0.5) is 10.1 Å². The Kier molecular flexibility index (Phi) is 4.10. The Morgan fingerprint density at radius 3 is 2.70 bits per heavy atom. The van der Waals surface area contributed by atoms with Crippen LogP contribution in [0.1, 0.15) is 20.7 Å². The van der Waals surface area contributed by atoms with Gasteiger partial charge >= 0.3 is 0 Å². The molecule has 102 valence electrons. The molecule has 0 spiro atoms. The number of anilines is 1. The zero-order valence-electron chi connectivity index (χ0n) is 10.7. The van der Waals surface area contributed by atoms with Gasteiger partial charge in [0.1, 0.15) is 17.9 Å². The molecule has 20 heavy (non-hydrogen) atoms. The van der Waals surface area contributed by atoms with Crippen LogP contribution in [0.25, 0.3) is 0 Å². The normalized spacial score (nSPS) is 9.90. The second-order valence-corrected chi connectivity index (χ2v) is 4.04. The molecule has 2 aromatic rings. The minimum atomic E-state index is -0.494. The molecule has 4 nitrogen and oxygen atoms in total. The van der Waals surface area contributed by atoms with E-state index in [-0.39, 0.29) is 5.56 Å². The molecule has 2 aromatic carbocycles. The number of hydrogen-bond acceptors (Lipinski definition) is 3. The maximum Gasteiger partial charge on any atom is 0.255 e. The fraction of sp³-hybridized carbons (Fsp3) is 0.0667. The van der Waals surface area contributed by atoms with Gasteiger partial charge in [-0.15, -0.1) is 0 Å². The van der Waals surface area contributed by atoms with E-state index < -0.39 is 11.7 Å². The van der Waals surface area contributed by atoms with Gasteiger partial charge in [-0.2, -0.15) is 0 Å². The minimum absolute atomic E-state index is 0.184. The zero-order chi connectivity index (χ0) is 14.5. The first kappa shape index (κ1) is 13.7. The second-order valence-electron chi connectivity index (χ2n) is 4.04. The summed E-state index contributed by atoms with van der Waals surface area (Å²) >= 11 is 0. The lowest BCUT2D eigenvalue weighted by atomic mass is 10.1. The lowest BCUT2D eigenvalue weighted by Gasteiger charge is -2.10. The van der Waals surface area contributed by atoms with Gasteiger partial charge in [0.25, 0.3) is 5.91 Å². The first-order valence-electron chi connectivity index (χ1n) is 5.84. The van der Waals surface area contributed by atoms with Gasteiger partial charge in [0, 0.05) is 11.1 Å². The van der Waals surface area contributed by atoms with Crippen molar-refractivity contribution in [2.24, 2.45) is 0 Å². The number of amides is 1. The van der Waals surface area contributed by atoms with Crippen LogP contribution >= 0.6 is 0 Å². The number of rotatable bonds is 4. The molecule has 0 bridgehead atoms. The number of halogens is 1. The molecule has 0 unspecified atom stereocenters. The average Bonchev–Trinajstić information content (AvgIpc) is 2.47.